The Balaban J connectivity index is 0. The molecule has 0 radical (unpaired) electrons. The van der Waals surface area contributed by atoms with Crippen molar-refractivity contribution in [2.24, 2.45) is 0 Å². The van der Waals surface area contributed by atoms with Crippen molar-refractivity contribution in [1.82, 2.24) is 0 Å². The molecular formula is C14H28F6NO4PS2. The third-order valence-electron chi connectivity index (χ3n) is 4.28. The largest absolute Gasteiger partial charge is 0.480 e. The average molecular weight is 483 g/mol. The first kappa shape index (κ1) is 30.1. The van der Waals surface area contributed by atoms with E-state index in [1.165, 1.54) is 44.2 Å². The highest BCUT2D eigenvalue weighted by atomic mass is 32.3. The fourth-order valence-electron chi connectivity index (χ4n) is 2.23. The molecule has 5 nitrogen and oxygen atoms in total. The third kappa shape index (κ3) is 10.1. The van der Waals surface area contributed by atoms with Gasteiger partial charge in [0, 0.05) is 7.26 Å². The normalized spacial score (nSPS) is 13.8. The van der Waals surface area contributed by atoms with Gasteiger partial charge in [0.25, 0.3) is 0 Å². The van der Waals surface area contributed by atoms with Gasteiger partial charge in [-0.05, 0) is 33.6 Å². The van der Waals surface area contributed by atoms with Crippen molar-refractivity contribution >= 4 is 27.3 Å². The van der Waals surface area contributed by atoms with Crippen molar-refractivity contribution in [1.29, 1.82) is 0 Å². The van der Waals surface area contributed by atoms with Gasteiger partial charge in [0.15, 0.2) is 20.0 Å². The van der Waals surface area contributed by atoms with Crippen molar-refractivity contribution in [3.8, 4) is 0 Å². The Morgan fingerprint density at radius 3 is 1.29 bits per heavy atom. The molecule has 0 aliphatic carbocycles. The quantitative estimate of drug-likeness (QED) is 0.227. The third-order valence-corrected chi connectivity index (χ3v) is 12.3. The van der Waals surface area contributed by atoms with Gasteiger partial charge in [0.05, 0.1) is 24.6 Å². The van der Waals surface area contributed by atoms with E-state index in [1.807, 2.05) is 0 Å². The van der Waals surface area contributed by atoms with Crippen LogP contribution >= 0.6 is 7.26 Å². The van der Waals surface area contributed by atoms with Crippen LogP contribution < -0.4 is 0 Å². The Labute approximate surface area is 164 Å². The number of rotatable bonds is 10. The van der Waals surface area contributed by atoms with E-state index in [0.717, 1.165) is 4.13 Å². The second kappa shape index (κ2) is 11.9. The van der Waals surface area contributed by atoms with Crippen LogP contribution in [0.5, 0.6) is 0 Å². The van der Waals surface area contributed by atoms with Crippen LogP contribution in [0.2, 0.25) is 0 Å². The first-order valence-electron chi connectivity index (χ1n) is 8.67. The molecule has 0 aromatic rings. The van der Waals surface area contributed by atoms with Gasteiger partial charge in [0.1, 0.15) is 0 Å². The summed E-state index contributed by atoms with van der Waals surface area (Å²) in [4.78, 5) is 0. The zero-order valence-electron chi connectivity index (χ0n) is 16.3. The van der Waals surface area contributed by atoms with Crippen LogP contribution in [0.4, 0.5) is 26.3 Å². The summed E-state index contributed by atoms with van der Waals surface area (Å²) < 4.78 is 109. The molecule has 0 fully saturated rings. The Morgan fingerprint density at radius 2 is 1.04 bits per heavy atom. The molecule has 0 unspecified atom stereocenters. The van der Waals surface area contributed by atoms with Gasteiger partial charge in [-0.2, -0.15) is 26.3 Å². The number of hydrogen-bond acceptors (Lipinski definition) is 4. The molecule has 14 heteroatoms. The number of halogens is 6. The molecule has 0 aromatic heterocycles. The summed E-state index contributed by atoms with van der Waals surface area (Å²) in [5, 5.41) is 0. The zero-order chi connectivity index (χ0) is 22.9. The number of unbranched alkanes of at least 4 members (excludes halogenated alkanes) is 3. The summed E-state index contributed by atoms with van der Waals surface area (Å²) >= 11 is 0. The van der Waals surface area contributed by atoms with Gasteiger partial charge in [-0.25, -0.2) is 16.8 Å². The van der Waals surface area contributed by atoms with E-state index in [0.29, 0.717) is 0 Å². The predicted molar refractivity (Wildman–Crippen MR) is 101 cm³/mol. The van der Waals surface area contributed by atoms with E-state index in [1.54, 1.807) is 6.16 Å². The van der Waals surface area contributed by atoms with E-state index in [2.05, 4.69) is 27.7 Å². The van der Waals surface area contributed by atoms with Crippen molar-refractivity contribution in [3.05, 3.63) is 4.13 Å². The van der Waals surface area contributed by atoms with Gasteiger partial charge < -0.3 is 4.13 Å². The number of sulfonamides is 2. The fourth-order valence-corrected chi connectivity index (χ4v) is 7.13. The lowest BCUT2D eigenvalue weighted by Crippen LogP contribution is -2.30. The molecule has 0 N–H and O–H groups in total. The first-order chi connectivity index (χ1) is 12.4. The summed E-state index contributed by atoms with van der Waals surface area (Å²) in [6, 6.07) is 0. The van der Waals surface area contributed by atoms with Gasteiger partial charge in [-0.1, -0.05) is 19.8 Å². The highest BCUT2D eigenvalue weighted by Crippen LogP contribution is 2.58. The molecule has 0 saturated heterocycles. The van der Waals surface area contributed by atoms with Crippen molar-refractivity contribution in [2.45, 2.75) is 64.4 Å². The highest BCUT2D eigenvalue weighted by Gasteiger charge is 2.46. The lowest BCUT2D eigenvalue weighted by Gasteiger charge is -2.23. The maximum absolute atomic E-state index is 11.4. The van der Waals surface area contributed by atoms with E-state index in [9.17, 15) is 43.2 Å². The predicted octanol–water partition coefficient (Wildman–Crippen LogP) is 5.70. The van der Waals surface area contributed by atoms with Crippen molar-refractivity contribution < 1.29 is 43.2 Å². The smallest absolute Gasteiger partial charge is 0.421 e. The minimum Gasteiger partial charge on any atom is -0.421 e. The maximum Gasteiger partial charge on any atom is 0.480 e. The Kier molecular flexibility index (Phi) is 12.8. The van der Waals surface area contributed by atoms with Crippen LogP contribution in [0.3, 0.4) is 0 Å². The fraction of sp³-hybridized carbons (Fsp3) is 1.00. The molecule has 0 heterocycles. The summed E-state index contributed by atoms with van der Waals surface area (Å²) in [6.45, 7) is 9.50. The second-order valence-corrected chi connectivity index (χ2v) is 14.4. The van der Waals surface area contributed by atoms with Crippen LogP contribution in [0, 0.1) is 0 Å². The van der Waals surface area contributed by atoms with Crippen LogP contribution in [0.25, 0.3) is 4.13 Å². The molecule has 0 aliphatic heterocycles. The minimum atomic E-state index is -6.72. The zero-order valence-corrected chi connectivity index (χ0v) is 18.8. The van der Waals surface area contributed by atoms with Crippen LogP contribution in [0.15, 0.2) is 0 Å². The van der Waals surface area contributed by atoms with E-state index in [4.69, 9.17) is 0 Å². The second-order valence-electron chi connectivity index (χ2n) is 5.99. The average Bonchev–Trinajstić information content (AvgIpc) is 2.53. The molecule has 0 atom stereocenters. The lowest BCUT2D eigenvalue weighted by molar-refractivity contribution is -0.0444. The van der Waals surface area contributed by atoms with Gasteiger partial charge in [0.2, 0.25) is 0 Å². The van der Waals surface area contributed by atoms with Crippen LogP contribution in [0.1, 0.15) is 53.4 Å². The topological polar surface area (TPSA) is 82.4 Å². The van der Waals surface area contributed by atoms with Crippen LogP contribution in [-0.2, 0) is 20.0 Å². The van der Waals surface area contributed by atoms with Gasteiger partial charge in [-0.15, -0.1) is 0 Å². The number of nitrogens with zero attached hydrogens (tertiary/aromatic N) is 1. The summed E-state index contributed by atoms with van der Waals surface area (Å²) in [6.07, 6.45) is 11.8. The highest BCUT2D eigenvalue weighted by molar-refractivity contribution is 8.13. The molecule has 0 bridgehead atoms. The monoisotopic (exact) mass is 483 g/mol. The van der Waals surface area contributed by atoms with Crippen molar-refractivity contribution in [3.63, 3.8) is 0 Å². The maximum atomic E-state index is 11.4. The van der Waals surface area contributed by atoms with E-state index in [-0.39, 0.29) is 0 Å². The molecule has 0 aromatic carbocycles. The molecule has 0 aliphatic rings. The van der Waals surface area contributed by atoms with Gasteiger partial charge >= 0.3 is 11.0 Å². The molecule has 0 amide bonds. The standard InChI is InChI=1S/C12H28P.C2F6NO4S2/c1-5-9-10-11-12-13(6-2,7-3)8-4;3-1(4,5)14(10,11)9-15(12,13)2(6,7)8/h5-12H2,1-4H3;/q+1;-1. The molecule has 172 valence electrons. The number of hydrogen-bond donors (Lipinski definition) is 0. The molecule has 0 rings (SSSR count). The lowest BCUT2D eigenvalue weighted by atomic mass is 10.2. The molecule has 0 saturated carbocycles. The van der Waals surface area contributed by atoms with Crippen LogP contribution in [-0.4, -0.2) is 52.5 Å². The summed E-state index contributed by atoms with van der Waals surface area (Å²) in [5.41, 5.74) is -12.4. The molecular weight excluding hydrogens is 455 g/mol. The Bertz CT molecular complexity index is 593. The summed E-state index contributed by atoms with van der Waals surface area (Å²) in [7, 11) is -13.9. The summed E-state index contributed by atoms with van der Waals surface area (Å²) in [5.74, 6) is 0. The number of alkyl halides is 6. The van der Waals surface area contributed by atoms with Crippen molar-refractivity contribution in [2.75, 3.05) is 24.6 Å². The van der Waals surface area contributed by atoms with E-state index >= 15 is 0 Å². The Hall–Kier alpha value is -0.130. The van der Waals surface area contributed by atoms with Gasteiger partial charge in [-0.3, -0.25) is 0 Å². The minimum absolute atomic E-state index is 0.479. The Morgan fingerprint density at radius 1 is 0.679 bits per heavy atom. The van der Waals surface area contributed by atoms with E-state index < -0.39 is 38.3 Å². The SMILES string of the molecule is CCCCCC[P+](CC)(CC)CC.O=S(=O)([N-]S(=O)(=O)C(F)(F)F)C(F)(F)F. The molecule has 0 spiro atoms. The molecule has 28 heavy (non-hydrogen) atoms. The first-order valence-corrected chi connectivity index (χ1v) is 14.1.